The first-order valence-electron chi connectivity index (χ1n) is 41.2. The zero-order chi connectivity index (χ0) is 94.9. The molecular formula is C85H77F16N23O8S. The molecule has 4 aromatic carbocycles. The Hall–Kier alpha value is -13.9. The summed E-state index contributed by atoms with van der Waals surface area (Å²) in [7, 11) is -3.39. The van der Waals surface area contributed by atoms with E-state index in [0.29, 0.717) is 77.4 Å². The minimum atomic E-state index is -4.77. The molecule has 133 heavy (non-hydrogen) atoms. The molecule has 31 nitrogen and oxygen atoms in total. The number of rotatable bonds is 14. The van der Waals surface area contributed by atoms with Crippen molar-refractivity contribution >= 4 is 68.1 Å². The van der Waals surface area contributed by atoms with Crippen molar-refractivity contribution in [3.8, 4) is 45.0 Å². The van der Waals surface area contributed by atoms with Crippen LogP contribution in [0, 0.1) is 23.3 Å². The minimum Gasteiger partial charge on any atom is -0.353 e. The maximum absolute atomic E-state index is 13.8. The van der Waals surface area contributed by atoms with Gasteiger partial charge in [0.1, 0.15) is 74.3 Å². The van der Waals surface area contributed by atoms with Gasteiger partial charge in [-0.3, -0.25) is 38.6 Å². The van der Waals surface area contributed by atoms with Crippen LogP contribution in [0.25, 0.3) is 67.6 Å². The van der Waals surface area contributed by atoms with Crippen LogP contribution in [0.4, 0.5) is 70.2 Å². The smallest absolute Gasteiger partial charge is 0.353 e. The number of nitrogens with one attached hydrogen (secondary N) is 1. The lowest BCUT2D eigenvalue weighted by Crippen LogP contribution is -2.64. The number of hydrogen-bond donors (Lipinski definition) is 1. The number of piperazine rings is 5. The molecule has 6 amide bonds. The molecule has 48 heteroatoms. The average Bonchev–Trinajstić information content (AvgIpc) is 1.67. The second kappa shape index (κ2) is 38.1. The van der Waals surface area contributed by atoms with Crippen LogP contribution in [0.3, 0.4) is 0 Å². The highest BCUT2D eigenvalue weighted by atomic mass is 32.2. The van der Waals surface area contributed by atoms with Crippen LogP contribution in [0.1, 0.15) is 84.5 Å². The largest absolute Gasteiger partial charge is 0.420 e. The fourth-order valence-electron chi connectivity index (χ4n) is 15.4. The summed E-state index contributed by atoms with van der Waals surface area (Å²) >= 11 is 0. The number of alkyl halides is 12. The van der Waals surface area contributed by atoms with Crippen molar-refractivity contribution in [1.82, 2.24) is 112 Å². The summed E-state index contributed by atoms with van der Waals surface area (Å²) in [6.07, 6.45) is -8.65. The van der Waals surface area contributed by atoms with Crippen LogP contribution in [-0.4, -0.2) is 280 Å². The monoisotopic (exact) mass is 1880 g/mol. The Morgan fingerprint density at radius 2 is 0.722 bits per heavy atom. The zero-order valence-electron chi connectivity index (χ0n) is 70.1. The van der Waals surface area contributed by atoms with Crippen molar-refractivity contribution in [2.45, 2.75) is 57.6 Å². The molecular weight excluding hydrogens is 1810 g/mol. The summed E-state index contributed by atoms with van der Waals surface area (Å²) < 4.78 is 249. The summed E-state index contributed by atoms with van der Waals surface area (Å²) in [5, 5.41) is 19.4. The summed E-state index contributed by atoms with van der Waals surface area (Å²) in [5.41, 5.74) is -5.93. The Bertz CT molecular complexity index is 6610. The molecule has 1 N–H and O–H groups in total. The van der Waals surface area contributed by atoms with Gasteiger partial charge in [-0.05, 0) is 128 Å². The van der Waals surface area contributed by atoms with Gasteiger partial charge < -0.3 is 34.4 Å². The Morgan fingerprint density at radius 3 is 1.04 bits per heavy atom. The van der Waals surface area contributed by atoms with Crippen molar-refractivity contribution in [3.05, 3.63) is 233 Å². The van der Waals surface area contributed by atoms with Crippen LogP contribution >= 0.6 is 0 Å². The molecule has 0 saturated carbocycles. The number of halogens is 16. The molecule has 698 valence electrons. The summed E-state index contributed by atoms with van der Waals surface area (Å²) in [4.78, 5) is 107. The highest BCUT2D eigenvalue weighted by Gasteiger charge is 2.43. The first-order valence-corrected chi connectivity index (χ1v) is 42.8. The van der Waals surface area contributed by atoms with Gasteiger partial charge in [-0.2, -0.15) is 77.4 Å². The highest BCUT2D eigenvalue weighted by molar-refractivity contribution is 7.89. The van der Waals surface area contributed by atoms with E-state index in [4.69, 9.17) is 0 Å². The van der Waals surface area contributed by atoms with Gasteiger partial charge in [0, 0.05) is 165 Å². The Balaban J connectivity index is 0.000000135. The predicted octanol–water partition coefficient (Wildman–Crippen LogP) is 10.9. The second-order valence-corrected chi connectivity index (χ2v) is 33.3. The van der Waals surface area contributed by atoms with E-state index in [-0.39, 0.29) is 126 Å². The lowest BCUT2D eigenvalue weighted by Gasteiger charge is -2.42. The molecule has 9 aromatic heterocycles. The SMILES string of the molecule is CCC(=O)N1CCN(C(=O)c2cn3nc(-c4ccc(F)cc4)cc(C(F)(F)F)c3n2)CC1.CCS(=O)(=O)N1CCN(C(=O)c2cn3nc(-c4ccc(F)cc4)cc(C(F)(F)F)c3n2)CC1.O=C(c1cn2nc(-c3ccc(F)cc3)cc(C(F)(F)F)c2n1)N1CCN(CCn2ccnc2)CC1.O=C1NCCN2CCN(C(=O)c3cn4nc(-c5ccc(F)cc5)cc(C(F)(F)F)c4n3)CC12. The molecule has 13 aromatic rings. The fourth-order valence-corrected chi connectivity index (χ4v) is 16.5. The van der Waals surface area contributed by atoms with Crippen LogP contribution in [0.5, 0.6) is 0 Å². The van der Waals surface area contributed by atoms with Crippen molar-refractivity contribution in [1.29, 1.82) is 0 Å². The Morgan fingerprint density at radius 1 is 0.406 bits per heavy atom. The average molecular weight is 1880 g/mol. The molecule has 18 rings (SSSR count). The molecule has 5 aliphatic heterocycles. The predicted molar refractivity (Wildman–Crippen MR) is 442 cm³/mol. The van der Waals surface area contributed by atoms with Gasteiger partial charge in [0.05, 0.1) is 59.6 Å². The maximum atomic E-state index is 13.8. The number of imidazole rings is 5. The van der Waals surface area contributed by atoms with E-state index >= 15 is 0 Å². The first-order chi connectivity index (χ1) is 63.1. The van der Waals surface area contributed by atoms with Gasteiger partial charge in [0.25, 0.3) is 23.6 Å². The molecule has 5 aliphatic rings. The number of hydrogen-bond acceptors (Lipinski definition) is 19. The molecule has 5 fully saturated rings. The van der Waals surface area contributed by atoms with Gasteiger partial charge in [0.2, 0.25) is 21.8 Å². The van der Waals surface area contributed by atoms with E-state index in [1.165, 1.54) is 80.7 Å². The number of nitrogens with zero attached hydrogens (tertiary/aromatic N) is 22. The van der Waals surface area contributed by atoms with Gasteiger partial charge in [-0.25, -0.2) is 69.0 Å². The standard InChI is InChI=1S/C23H21F4N7O.C21H18F4N6O2.C21H19F4N5O2.C20H19F4N5O3S/c24-17-3-1-16(2-4-17)19-13-18(23(25,26)27)21-29-20(14-34(21)30-19)22(35)33-11-9-31(10-12-33)7-8-32-6-5-28-15-32;22-13-3-1-12(2-4-13)15-9-14(21(23,24)25)18-27-16(10-31(18)28-15)20(33)30-8-7-29-6-5-26-19(32)17(29)11-30;1-2-18(31)28-7-9-29(10-8-28)20(32)17-12-30-19(26-17)15(21(23,24)25)11-16(27-30)13-3-5-14(22)6-4-13;1-2-33(31,32)28-9-7-27(8-10-28)19(30)17-12-29-18(25-17)15(20(22,23)24)11-16(26-29)13-3-5-14(21)6-4-13/h1-6,13-15H,7-12H2;1-4,9-10,17H,5-8,11H2,(H,26,32);3-6,11-12H,2,7-10H2,1H3;3-6,11-12H,2,7-10H2,1H3. The molecule has 0 spiro atoms. The third-order valence-electron chi connectivity index (χ3n) is 22.5. The molecule has 1 atom stereocenters. The minimum absolute atomic E-state index is 0.00673. The number of carbonyl (C=O) groups is 6. The quantitative estimate of drug-likeness (QED) is 0.0989. The number of amides is 6. The molecule has 5 saturated heterocycles. The molecule has 14 heterocycles. The number of fused-ring (bicyclic) bond motifs is 5. The lowest BCUT2D eigenvalue weighted by atomic mass is 10.1. The molecule has 0 aliphatic carbocycles. The fraction of sp³-hybridized carbons (Fsp3) is 0.329. The number of sulfonamides is 1. The maximum Gasteiger partial charge on any atom is 0.420 e. The van der Waals surface area contributed by atoms with E-state index in [9.17, 15) is 107 Å². The highest BCUT2D eigenvalue weighted by Crippen LogP contribution is 2.40. The van der Waals surface area contributed by atoms with E-state index < -0.39 is 133 Å². The molecule has 0 radical (unpaired) electrons. The summed E-state index contributed by atoms with van der Waals surface area (Å²) in [6.45, 7) is 10.8. The first kappa shape index (κ1) is 93.8. The normalized spacial score (nSPS) is 16.3. The van der Waals surface area contributed by atoms with Crippen molar-refractivity contribution in [2.24, 2.45) is 0 Å². The van der Waals surface area contributed by atoms with Crippen LogP contribution < -0.4 is 5.32 Å². The Labute approximate surface area is 743 Å². The van der Waals surface area contributed by atoms with Crippen LogP contribution in [0.2, 0.25) is 0 Å². The van der Waals surface area contributed by atoms with E-state index in [0.717, 1.165) is 123 Å². The van der Waals surface area contributed by atoms with Gasteiger partial charge in [0.15, 0.2) is 22.6 Å². The number of benzene rings is 4. The summed E-state index contributed by atoms with van der Waals surface area (Å²) in [5.74, 6) is -4.54. The third-order valence-corrected chi connectivity index (χ3v) is 24.4. The lowest BCUT2D eigenvalue weighted by molar-refractivity contribution is -0.137. The van der Waals surface area contributed by atoms with E-state index in [1.54, 1.807) is 29.2 Å². The van der Waals surface area contributed by atoms with Crippen LogP contribution in [-0.2, 0) is 50.9 Å². The van der Waals surface area contributed by atoms with E-state index in [1.807, 2.05) is 15.7 Å². The zero-order valence-corrected chi connectivity index (χ0v) is 70.9. The van der Waals surface area contributed by atoms with Gasteiger partial charge in [-0.1, -0.05) is 6.92 Å². The molecule has 1 unspecified atom stereocenters. The van der Waals surface area contributed by atoms with Gasteiger partial charge in [-0.15, -0.1) is 0 Å². The Kier molecular flexibility index (Phi) is 26.9. The summed E-state index contributed by atoms with van der Waals surface area (Å²) in [6, 6.07) is 22.4. The molecule has 0 bridgehead atoms. The third kappa shape index (κ3) is 21.2. The topological polar surface area (TPSA) is 313 Å². The van der Waals surface area contributed by atoms with E-state index in [2.05, 4.69) is 55.5 Å². The number of aromatic nitrogens is 14. The number of carbonyl (C=O) groups excluding carboxylic acids is 6. The van der Waals surface area contributed by atoms with Crippen molar-refractivity contribution in [3.63, 3.8) is 0 Å². The van der Waals surface area contributed by atoms with Crippen molar-refractivity contribution in [2.75, 3.05) is 124 Å². The van der Waals surface area contributed by atoms with Gasteiger partial charge >= 0.3 is 24.7 Å². The second-order valence-electron chi connectivity index (χ2n) is 31.0. The van der Waals surface area contributed by atoms with Crippen molar-refractivity contribution < 1.29 is 107 Å². The van der Waals surface area contributed by atoms with Crippen LogP contribution in [0.15, 0.2) is 165 Å².